The lowest BCUT2D eigenvalue weighted by Gasteiger charge is -2.23. The lowest BCUT2D eigenvalue weighted by Crippen LogP contribution is -2.29. The minimum absolute atomic E-state index is 0.0651. The number of hydrogen-bond donors (Lipinski definition) is 0. The van der Waals surface area contributed by atoms with E-state index in [1.165, 1.54) is 4.88 Å². The number of hydrogen-bond acceptors (Lipinski definition) is 5. The highest BCUT2D eigenvalue weighted by Gasteiger charge is 2.19. The number of carbonyl (C=O) groups is 1. The summed E-state index contributed by atoms with van der Waals surface area (Å²) in [4.78, 5) is 19.7. The molecule has 1 amide bonds. The predicted molar refractivity (Wildman–Crippen MR) is 93.6 cm³/mol. The first-order valence-electron chi connectivity index (χ1n) is 7.82. The van der Waals surface area contributed by atoms with Gasteiger partial charge in [0.25, 0.3) is 0 Å². The highest BCUT2D eigenvalue weighted by atomic mass is 32.1. The van der Waals surface area contributed by atoms with Crippen LogP contribution in [0.1, 0.15) is 30.2 Å². The lowest BCUT2D eigenvalue weighted by atomic mass is 10.2. The van der Waals surface area contributed by atoms with Crippen LogP contribution in [0, 0.1) is 0 Å². The molecule has 0 saturated heterocycles. The van der Waals surface area contributed by atoms with E-state index in [-0.39, 0.29) is 11.9 Å². The first-order chi connectivity index (χ1) is 11.6. The van der Waals surface area contributed by atoms with Gasteiger partial charge in [0.1, 0.15) is 0 Å². The molecule has 3 rings (SSSR count). The van der Waals surface area contributed by atoms with Crippen molar-refractivity contribution in [3.8, 4) is 11.4 Å². The third-order valence-corrected chi connectivity index (χ3v) is 5.02. The normalized spacial score (nSPS) is 12.1. The van der Waals surface area contributed by atoms with E-state index < -0.39 is 0 Å². The van der Waals surface area contributed by atoms with Crippen molar-refractivity contribution in [3.63, 3.8) is 0 Å². The molecule has 0 aliphatic rings. The summed E-state index contributed by atoms with van der Waals surface area (Å²) in [5.74, 6) is 1.10. The zero-order chi connectivity index (χ0) is 16.9. The topological polar surface area (TPSA) is 59.2 Å². The van der Waals surface area contributed by atoms with E-state index in [1.807, 2.05) is 61.8 Å². The van der Waals surface area contributed by atoms with E-state index in [2.05, 4.69) is 10.1 Å². The predicted octanol–water partition coefficient (Wildman–Crippen LogP) is 3.95. The number of carbonyl (C=O) groups excluding carboxylic acids is 1. The van der Waals surface area contributed by atoms with E-state index >= 15 is 0 Å². The molecule has 0 fully saturated rings. The fraction of sp³-hybridized carbons (Fsp3) is 0.278. The molecular formula is C18H19N3O2S. The Hall–Kier alpha value is -2.47. The van der Waals surface area contributed by atoms with E-state index in [1.54, 1.807) is 16.2 Å². The molecule has 6 heteroatoms. The van der Waals surface area contributed by atoms with Gasteiger partial charge in [-0.1, -0.05) is 41.6 Å². The van der Waals surface area contributed by atoms with Gasteiger partial charge in [-0.05, 0) is 18.4 Å². The van der Waals surface area contributed by atoms with Gasteiger partial charge in [-0.15, -0.1) is 11.3 Å². The molecule has 5 nitrogen and oxygen atoms in total. The Morgan fingerprint density at radius 3 is 2.75 bits per heavy atom. The van der Waals surface area contributed by atoms with Gasteiger partial charge >= 0.3 is 0 Å². The highest BCUT2D eigenvalue weighted by molar-refractivity contribution is 7.10. The minimum atomic E-state index is 0.0651. The van der Waals surface area contributed by atoms with Crippen LogP contribution in [0.5, 0.6) is 0 Å². The number of thiophene rings is 1. The highest BCUT2D eigenvalue weighted by Crippen LogP contribution is 2.24. The minimum Gasteiger partial charge on any atom is -0.339 e. The standard InChI is InChI=1S/C18H19N3O2S/c1-13(15-9-6-12-24-15)21(2)17(22)11-10-16-19-18(20-23-16)14-7-4-3-5-8-14/h3-9,12-13H,10-11H2,1-2H3/t13-/m1/s1. The zero-order valence-corrected chi connectivity index (χ0v) is 14.5. The van der Waals surface area contributed by atoms with Crippen molar-refractivity contribution in [2.45, 2.75) is 25.8 Å². The fourth-order valence-corrected chi connectivity index (χ4v) is 3.21. The van der Waals surface area contributed by atoms with Crippen molar-refractivity contribution < 1.29 is 9.32 Å². The summed E-state index contributed by atoms with van der Waals surface area (Å²) in [5, 5.41) is 6.00. The van der Waals surface area contributed by atoms with Crippen LogP contribution in [0.3, 0.4) is 0 Å². The monoisotopic (exact) mass is 341 g/mol. The van der Waals surface area contributed by atoms with Gasteiger partial charge in [-0.3, -0.25) is 4.79 Å². The van der Waals surface area contributed by atoms with E-state index in [9.17, 15) is 4.79 Å². The molecular weight excluding hydrogens is 322 g/mol. The van der Waals surface area contributed by atoms with Gasteiger partial charge in [-0.25, -0.2) is 0 Å². The molecule has 24 heavy (non-hydrogen) atoms. The maximum atomic E-state index is 12.4. The Kier molecular flexibility index (Phi) is 5.05. The molecule has 2 aromatic heterocycles. The van der Waals surface area contributed by atoms with Crippen molar-refractivity contribution in [3.05, 3.63) is 58.6 Å². The number of aryl methyl sites for hydroxylation is 1. The van der Waals surface area contributed by atoms with Crippen molar-refractivity contribution in [2.24, 2.45) is 0 Å². The molecule has 124 valence electrons. The van der Waals surface area contributed by atoms with Gasteiger partial charge in [0.2, 0.25) is 17.6 Å². The summed E-state index contributed by atoms with van der Waals surface area (Å²) in [5.41, 5.74) is 0.905. The molecule has 2 heterocycles. The first kappa shape index (κ1) is 16.4. The van der Waals surface area contributed by atoms with Crippen LogP contribution < -0.4 is 0 Å². The van der Waals surface area contributed by atoms with Gasteiger partial charge < -0.3 is 9.42 Å². The number of amides is 1. The largest absolute Gasteiger partial charge is 0.339 e. The fourth-order valence-electron chi connectivity index (χ4n) is 2.39. The van der Waals surface area contributed by atoms with Crippen molar-refractivity contribution in [2.75, 3.05) is 7.05 Å². The van der Waals surface area contributed by atoms with Gasteiger partial charge in [0.15, 0.2) is 0 Å². The third kappa shape index (κ3) is 3.71. The van der Waals surface area contributed by atoms with Crippen molar-refractivity contribution in [1.29, 1.82) is 0 Å². The molecule has 0 aliphatic carbocycles. The Morgan fingerprint density at radius 2 is 2.04 bits per heavy atom. The van der Waals surface area contributed by atoms with Crippen LogP contribution in [0.4, 0.5) is 0 Å². The molecule has 0 N–H and O–H groups in total. The average Bonchev–Trinajstić information content (AvgIpc) is 3.31. The van der Waals surface area contributed by atoms with E-state index in [0.29, 0.717) is 24.6 Å². The van der Waals surface area contributed by atoms with Crippen LogP contribution in [0.2, 0.25) is 0 Å². The molecule has 1 atom stereocenters. The first-order valence-corrected chi connectivity index (χ1v) is 8.70. The summed E-state index contributed by atoms with van der Waals surface area (Å²) in [6, 6.07) is 13.8. The molecule has 0 saturated carbocycles. The third-order valence-electron chi connectivity index (χ3n) is 3.98. The van der Waals surface area contributed by atoms with E-state index in [0.717, 1.165) is 5.56 Å². The zero-order valence-electron chi connectivity index (χ0n) is 13.7. The SMILES string of the molecule is C[C@H](c1cccs1)N(C)C(=O)CCc1nc(-c2ccccc2)no1. The number of rotatable bonds is 6. The molecule has 0 aliphatic heterocycles. The summed E-state index contributed by atoms with van der Waals surface area (Å²) in [6.07, 6.45) is 0.794. The lowest BCUT2D eigenvalue weighted by molar-refractivity contribution is -0.131. The van der Waals surface area contributed by atoms with Gasteiger partial charge in [0, 0.05) is 30.3 Å². The molecule has 0 spiro atoms. The Morgan fingerprint density at radius 1 is 1.25 bits per heavy atom. The second-order valence-corrected chi connectivity index (χ2v) is 6.55. The summed E-state index contributed by atoms with van der Waals surface area (Å²) < 4.78 is 5.25. The second-order valence-electron chi connectivity index (χ2n) is 5.57. The van der Waals surface area contributed by atoms with Crippen molar-refractivity contribution >= 4 is 17.2 Å². The van der Waals surface area contributed by atoms with Crippen LogP contribution in [-0.4, -0.2) is 28.0 Å². The molecule has 3 aromatic rings. The summed E-state index contributed by atoms with van der Waals surface area (Å²) >= 11 is 1.66. The van der Waals surface area contributed by atoms with Gasteiger partial charge in [-0.2, -0.15) is 4.98 Å². The maximum Gasteiger partial charge on any atom is 0.227 e. The van der Waals surface area contributed by atoms with Gasteiger partial charge in [0.05, 0.1) is 6.04 Å². The molecule has 1 aromatic carbocycles. The van der Waals surface area contributed by atoms with Crippen LogP contribution >= 0.6 is 11.3 Å². The molecule has 0 radical (unpaired) electrons. The second kappa shape index (κ2) is 7.40. The number of aromatic nitrogens is 2. The Labute approximate surface area is 144 Å². The Bertz CT molecular complexity index is 784. The summed E-state index contributed by atoms with van der Waals surface area (Å²) in [6.45, 7) is 2.03. The summed E-state index contributed by atoms with van der Waals surface area (Å²) in [7, 11) is 1.83. The van der Waals surface area contributed by atoms with Crippen LogP contribution in [0.25, 0.3) is 11.4 Å². The average molecular weight is 341 g/mol. The number of nitrogens with zero attached hydrogens (tertiary/aromatic N) is 3. The maximum absolute atomic E-state index is 12.4. The molecule has 0 unspecified atom stereocenters. The van der Waals surface area contributed by atoms with Crippen molar-refractivity contribution in [1.82, 2.24) is 15.0 Å². The Balaban J connectivity index is 1.58. The van der Waals surface area contributed by atoms with E-state index in [4.69, 9.17) is 4.52 Å². The van der Waals surface area contributed by atoms with Crippen LogP contribution in [-0.2, 0) is 11.2 Å². The van der Waals surface area contributed by atoms with Crippen LogP contribution in [0.15, 0.2) is 52.4 Å². The molecule has 0 bridgehead atoms. The quantitative estimate of drug-likeness (QED) is 0.681. The smallest absolute Gasteiger partial charge is 0.227 e. The number of benzene rings is 1.